The summed E-state index contributed by atoms with van der Waals surface area (Å²) in [5.41, 5.74) is 3.56. The first kappa shape index (κ1) is 13.5. The molecule has 1 aliphatic heterocycles. The molecule has 0 radical (unpaired) electrons. The summed E-state index contributed by atoms with van der Waals surface area (Å²) in [5.74, 6) is 5.82. The Morgan fingerprint density at radius 3 is 2.81 bits per heavy atom. The van der Waals surface area contributed by atoms with Crippen LogP contribution in [0.15, 0.2) is 52.5 Å². The molecule has 0 bridgehead atoms. The number of aliphatic imine (C=N–C) groups is 1. The second-order valence-electron chi connectivity index (χ2n) is 4.42. The Bertz CT molecular complexity index is 804. The molecule has 0 fully saturated rings. The SMILES string of the molecule is NNc1ncccc1CN1C=Nc2ccccc2S1(=O)=O. The van der Waals surface area contributed by atoms with Crippen LogP contribution in [0.25, 0.3) is 0 Å². The van der Waals surface area contributed by atoms with E-state index in [1.807, 2.05) is 0 Å². The van der Waals surface area contributed by atoms with Crippen LogP contribution >= 0.6 is 0 Å². The highest BCUT2D eigenvalue weighted by Crippen LogP contribution is 2.31. The molecule has 8 heteroatoms. The normalized spacial score (nSPS) is 15.6. The molecule has 0 unspecified atom stereocenters. The van der Waals surface area contributed by atoms with E-state index in [1.165, 1.54) is 10.6 Å². The molecule has 0 atom stereocenters. The van der Waals surface area contributed by atoms with E-state index in [0.717, 1.165) is 0 Å². The van der Waals surface area contributed by atoms with Gasteiger partial charge in [-0.15, -0.1) is 0 Å². The molecule has 7 nitrogen and oxygen atoms in total. The molecule has 0 amide bonds. The van der Waals surface area contributed by atoms with E-state index in [4.69, 9.17) is 5.84 Å². The molecule has 3 rings (SSSR count). The lowest BCUT2D eigenvalue weighted by Gasteiger charge is -2.24. The van der Waals surface area contributed by atoms with Gasteiger partial charge in [-0.1, -0.05) is 18.2 Å². The molecule has 3 N–H and O–H groups in total. The summed E-state index contributed by atoms with van der Waals surface area (Å²) >= 11 is 0. The average molecular weight is 303 g/mol. The Hall–Kier alpha value is -2.45. The van der Waals surface area contributed by atoms with E-state index in [9.17, 15) is 8.42 Å². The fourth-order valence-corrected chi connectivity index (χ4v) is 3.46. The number of aromatic nitrogens is 1. The molecule has 0 saturated carbocycles. The molecule has 108 valence electrons. The first-order valence-corrected chi connectivity index (χ1v) is 7.62. The zero-order chi connectivity index (χ0) is 14.9. The van der Waals surface area contributed by atoms with Gasteiger partial charge in [0.25, 0.3) is 10.0 Å². The number of benzene rings is 1. The van der Waals surface area contributed by atoms with E-state index in [1.54, 1.807) is 42.6 Å². The highest BCUT2D eigenvalue weighted by molar-refractivity contribution is 7.89. The predicted molar refractivity (Wildman–Crippen MR) is 79.4 cm³/mol. The van der Waals surface area contributed by atoms with Gasteiger partial charge in [0.2, 0.25) is 0 Å². The number of hydrogen-bond donors (Lipinski definition) is 2. The van der Waals surface area contributed by atoms with Crippen molar-refractivity contribution in [3.05, 3.63) is 48.2 Å². The Balaban J connectivity index is 1.99. The Morgan fingerprint density at radius 1 is 1.19 bits per heavy atom. The number of fused-ring (bicyclic) bond motifs is 1. The zero-order valence-corrected chi connectivity index (χ0v) is 11.8. The third-order valence-electron chi connectivity index (χ3n) is 3.13. The number of nitrogens with zero attached hydrogens (tertiary/aromatic N) is 3. The second kappa shape index (κ2) is 5.15. The smallest absolute Gasteiger partial charge is 0.267 e. The van der Waals surface area contributed by atoms with E-state index < -0.39 is 10.0 Å². The minimum absolute atomic E-state index is 0.105. The van der Waals surface area contributed by atoms with E-state index in [0.29, 0.717) is 17.1 Å². The van der Waals surface area contributed by atoms with Crippen LogP contribution in [0.4, 0.5) is 11.5 Å². The van der Waals surface area contributed by atoms with Crippen LogP contribution in [0.1, 0.15) is 5.56 Å². The number of nitrogens with one attached hydrogen (secondary N) is 1. The minimum Gasteiger partial charge on any atom is -0.308 e. The number of hydrogen-bond acceptors (Lipinski definition) is 6. The number of rotatable bonds is 3. The monoisotopic (exact) mass is 303 g/mol. The van der Waals surface area contributed by atoms with Crippen LogP contribution < -0.4 is 11.3 Å². The molecule has 0 aliphatic carbocycles. The van der Waals surface area contributed by atoms with Crippen LogP contribution in [-0.2, 0) is 16.6 Å². The van der Waals surface area contributed by atoms with Gasteiger partial charge in [0.05, 0.1) is 12.2 Å². The highest BCUT2D eigenvalue weighted by Gasteiger charge is 2.28. The van der Waals surface area contributed by atoms with Gasteiger partial charge in [0.1, 0.15) is 17.1 Å². The molecule has 21 heavy (non-hydrogen) atoms. The Morgan fingerprint density at radius 2 is 2.00 bits per heavy atom. The molecular formula is C13H13N5O2S. The number of nitrogen functional groups attached to an aromatic ring is 1. The summed E-state index contributed by atoms with van der Waals surface area (Å²) < 4.78 is 26.3. The van der Waals surface area contributed by atoms with Crippen molar-refractivity contribution in [1.82, 2.24) is 9.29 Å². The van der Waals surface area contributed by atoms with Gasteiger partial charge in [-0.2, -0.15) is 0 Å². The van der Waals surface area contributed by atoms with Crippen molar-refractivity contribution in [2.75, 3.05) is 5.43 Å². The minimum atomic E-state index is -3.62. The molecule has 1 aromatic carbocycles. The number of anilines is 1. The fourth-order valence-electron chi connectivity index (χ4n) is 2.09. The number of pyridine rings is 1. The number of sulfonamides is 1. The largest absolute Gasteiger partial charge is 0.308 e. The number of hydrazine groups is 1. The lowest BCUT2D eigenvalue weighted by molar-refractivity contribution is 0.521. The van der Waals surface area contributed by atoms with Gasteiger partial charge >= 0.3 is 0 Å². The summed E-state index contributed by atoms with van der Waals surface area (Å²) in [7, 11) is -3.62. The molecule has 1 aromatic heterocycles. The Labute approximate surface area is 122 Å². The highest BCUT2D eigenvalue weighted by atomic mass is 32.2. The molecule has 0 saturated heterocycles. The summed E-state index contributed by atoms with van der Waals surface area (Å²) in [5, 5.41) is 0. The molecule has 0 spiro atoms. The van der Waals surface area contributed by atoms with Crippen molar-refractivity contribution >= 4 is 27.9 Å². The van der Waals surface area contributed by atoms with Crippen LogP contribution in [0.2, 0.25) is 0 Å². The maximum atomic E-state index is 12.6. The third-order valence-corrected chi connectivity index (χ3v) is 4.87. The lowest BCUT2D eigenvalue weighted by Crippen LogP contribution is -2.32. The summed E-state index contributed by atoms with van der Waals surface area (Å²) in [4.78, 5) is 8.42. The summed E-state index contributed by atoms with van der Waals surface area (Å²) in [6, 6.07) is 10.1. The van der Waals surface area contributed by atoms with Crippen molar-refractivity contribution < 1.29 is 8.42 Å². The predicted octanol–water partition coefficient (Wildman–Crippen LogP) is 1.23. The van der Waals surface area contributed by atoms with Gasteiger partial charge in [-0.05, 0) is 18.2 Å². The van der Waals surface area contributed by atoms with E-state index in [2.05, 4.69) is 15.4 Å². The quantitative estimate of drug-likeness (QED) is 0.656. The first-order valence-electron chi connectivity index (χ1n) is 6.18. The van der Waals surface area contributed by atoms with Gasteiger partial charge in [-0.3, -0.25) is 4.31 Å². The van der Waals surface area contributed by atoms with Gasteiger partial charge in [-0.25, -0.2) is 24.2 Å². The van der Waals surface area contributed by atoms with Crippen LogP contribution in [0, 0.1) is 0 Å². The first-order chi connectivity index (χ1) is 10.1. The standard InChI is InChI=1S/C13H13N5O2S/c14-17-13-10(4-3-7-15-13)8-18-9-16-11-5-1-2-6-12(11)21(18,19)20/h1-7,9H,8,14H2,(H,15,17). The van der Waals surface area contributed by atoms with Crippen molar-refractivity contribution in [2.45, 2.75) is 11.4 Å². The van der Waals surface area contributed by atoms with Gasteiger partial charge in [0.15, 0.2) is 0 Å². The van der Waals surface area contributed by atoms with Gasteiger partial charge in [0, 0.05) is 11.8 Å². The third kappa shape index (κ3) is 2.34. The lowest BCUT2D eigenvalue weighted by atomic mass is 10.2. The van der Waals surface area contributed by atoms with E-state index in [-0.39, 0.29) is 11.4 Å². The van der Waals surface area contributed by atoms with Gasteiger partial charge < -0.3 is 5.43 Å². The van der Waals surface area contributed by atoms with Crippen molar-refractivity contribution in [3.63, 3.8) is 0 Å². The maximum Gasteiger partial charge on any atom is 0.267 e. The number of para-hydroxylation sites is 1. The maximum absolute atomic E-state index is 12.6. The fraction of sp³-hybridized carbons (Fsp3) is 0.0769. The van der Waals surface area contributed by atoms with Crippen molar-refractivity contribution in [1.29, 1.82) is 0 Å². The van der Waals surface area contributed by atoms with Crippen LogP contribution in [0.3, 0.4) is 0 Å². The Kier molecular flexibility index (Phi) is 3.32. The topological polar surface area (TPSA) is 101 Å². The average Bonchev–Trinajstić information content (AvgIpc) is 2.51. The van der Waals surface area contributed by atoms with Crippen molar-refractivity contribution in [2.24, 2.45) is 10.8 Å². The molecular weight excluding hydrogens is 290 g/mol. The van der Waals surface area contributed by atoms with Crippen LogP contribution in [0.5, 0.6) is 0 Å². The summed E-state index contributed by atoms with van der Waals surface area (Å²) in [6.07, 6.45) is 2.89. The van der Waals surface area contributed by atoms with Crippen molar-refractivity contribution in [3.8, 4) is 0 Å². The number of nitrogens with two attached hydrogens (primary N) is 1. The molecule has 1 aliphatic rings. The summed E-state index contributed by atoms with van der Waals surface area (Å²) in [6.45, 7) is 0.105. The molecule has 2 aromatic rings. The van der Waals surface area contributed by atoms with E-state index >= 15 is 0 Å². The van der Waals surface area contributed by atoms with Crippen LogP contribution in [-0.4, -0.2) is 24.0 Å². The molecule has 2 heterocycles. The second-order valence-corrected chi connectivity index (χ2v) is 6.28. The zero-order valence-electron chi connectivity index (χ0n) is 11.0.